The summed E-state index contributed by atoms with van der Waals surface area (Å²) in [6.45, 7) is 7.61. The van der Waals surface area contributed by atoms with Crippen molar-refractivity contribution in [1.29, 1.82) is 0 Å². The first kappa shape index (κ1) is 14.6. The maximum Gasteiger partial charge on any atom is 0.249 e. The zero-order chi connectivity index (χ0) is 15.1. The van der Waals surface area contributed by atoms with Gasteiger partial charge in [0.1, 0.15) is 11.1 Å². The molecule has 1 fully saturated rings. The molecule has 1 saturated heterocycles. The second-order valence-electron chi connectivity index (χ2n) is 6.11. The van der Waals surface area contributed by atoms with Crippen molar-refractivity contribution >= 4 is 11.8 Å². The molecule has 1 unspecified atom stereocenters. The Morgan fingerprint density at radius 3 is 2.45 bits per heavy atom. The van der Waals surface area contributed by atoms with Crippen LogP contribution < -0.4 is 5.32 Å². The lowest BCUT2D eigenvalue weighted by atomic mass is 9.86. The van der Waals surface area contributed by atoms with Crippen LogP contribution in [-0.2, 0) is 23.2 Å². The summed E-state index contributed by atoms with van der Waals surface area (Å²) in [5.41, 5.74) is -0.766. The molecule has 2 rings (SSSR count). The van der Waals surface area contributed by atoms with E-state index < -0.39 is 11.1 Å². The molecule has 2 amide bonds. The Morgan fingerprint density at radius 1 is 1.30 bits per heavy atom. The van der Waals surface area contributed by atoms with Crippen molar-refractivity contribution in [2.75, 3.05) is 0 Å². The van der Waals surface area contributed by atoms with Crippen LogP contribution in [0.25, 0.3) is 0 Å². The number of carbonyl (C=O) groups is 2. The summed E-state index contributed by atoms with van der Waals surface area (Å²) >= 11 is 0. The van der Waals surface area contributed by atoms with Crippen LogP contribution in [0.2, 0.25) is 0 Å². The lowest BCUT2D eigenvalue weighted by molar-refractivity contribution is -0.161. The quantitative estimate of drug-likeness (QED) is 0.890. The van der Waals surface area contributed by atoms with Gasteiger partial charge in [-0.05, 0) is 27.2 Å². The standard InChI is InChI=1S/C14H22N4O2/c1-6-14(4)12(20)18(13(2,3)11(19)16-14)9-10-7-15-17(5)8-10/h7-8H,6,9H2,1-5H3,(H,16,19). The van der Waals surface area contributed by atoms with Crippen LogP contribution in [0, 0.1) is 0 Å². The predicted octanol–water partition coefficient (Wildman–Crippen LogP) is 0.826. The predicted molar refractivity (Wildman–Crippen MR) is 74.7 cm³/mol. The van der Waals surface area contributed by atoms with Crippen LogP contribution >= 0.6 is 0 Å². The van der Waals surface area contributed by atoms with E-state index in [1.165, 1.54) is 0 Å². The summed E-state index contributed by atoms with van der Waals surface area (Å²) in [4.78, 5) is 26.7. The Balaban J connectivity index is 2.35. The molecule has 0 aliphatic carbocycles. The molecule has 1 aliphatic heterocycles. The third-order valence-corrected chi connectivity index (χ3v) is 4.14. The van der Waals surface area contributed by atoms with E-state index in [0.717, 1.165) is 5.56 Å². The van der Waals surface area contributed by atoms with E-state index in [4.69, 9.17) is 0 Å². The van der Waals surface area contributed by atoms with E-state index in [2.05, 4.69) is 10.4 Å². The van der Waals surface area contributed by atoms with Gasteiger partial charge in [-0.25, -0.2) is 0 Å². The van der Waals surface area contributed by atoms with Gasteiger partial charge in [0, 0.05) is 25.4 Å². The fourth-order valence-corrected chi connectivity index (χ4v) is 2.38. The Hall–Kier alpha value is -1.85. The number of hydrogen-bond acceptors (Lipinski definition) is 3. The summed E-state index contributed by atoms with van der Waals surface area (Å²) in [5.74, 6) is -0.168. The molecular weight excluding hydrogens is 256 g/mol. The topological polar surface area (TPSA) is 67.2 Å². The van der Waals surface area contributed by atoms with E-state index in [1.807, 2.05) is 20.2 Å². The van der Waals surface area contributed by atoms with Crippen molar-refractivity contribution in [3.05, 3.63) is 18.0 Å². The first-order chi connectivity index (χ1) is 9.20. The highest BCUT2D eigenvalue weighted by Crippen LogP contribution is 2.29. The fraction of sp³-hybridized carbons (Fsp3) is 0.643. The lowest BCUT2D eigenvalue weighted by Gasteiger charge is -2.48. The summed E-state index contributed by atoms with van der Waals surface area (Å²) < 4.78 is 1.69. The Kier molecular flexibility index (Phi) is 3.36. The highest BCUT2D eigenvalue weighted by Gasteiger charge is 2.51. The van der Waals surface area contributed by atoms with Gasteiger partial charge in [0.05, 0.1) is 6.20 Å². The summed E-state index contributed by atoms with van der Waals surface area (Å²) in [6.07, 6.45) is 4.15. The molecule has 0 bridgehead atoms. The third kappa shape index (κ3) is 2.19. The van der Waals surface area contributed by atoms with Crippen molar-refractivity contribution in [3.63, 3.8) is 0 Å². The van der Waals surface area contributed by atoms with Gasteiger partial charge in [0.25, 0.3) is 0 Å². The van der Waals surface area contributed by atoms with Crippen LogP contribution in [0.3, 0.4) is 0 Å². The van der Waals surface area contributed by atoms with E-state index in [0.29, 0.717) is 13.0 Å². The Labute approximate surface area is 119 Å². The number of aromatic nitrogens is 2. The van der Waals surface area contributed by atoms with Crippen LogP contribution in [0.4, 0.5) is 0 Å². The molecule has 6 heteroatoms. The zero-order valence-corrected chi connectivity index (χ0v) is 12.7. The van der Waals surface area contributed by atoms with Gasteiger partial charge in [-0.15, -0.1) is 0 Å². The molecule has 1 atom stereocenters. The monoisotopic (exact) mass is 278 g/mol. The Morgan fingerprint density at radius 2 is 1.95 bits per heavy atom. The zero-order valence-electron chi connectivity index (χ0n) is 12.7. The minimum Gasteiger partial charge on any atom is -0.340 e. The molecule has 0 spiro atoms. The molecule has 1 aromatic heterocycles. The van der Waals surface area contributed by atoms with Gasteiger partial charge in [-0.2, -0.15) is 5.10 Å². The number of carbonyl (C=O) groups excluding carboxylic acids is 2. The number of aryl methyl sites for hydroxylation is 1. The van der Waals surface area contributed by atoms with Gasteiger partial charge in [0.2, 0.25) is 11.8 Å². The number of rotatable bonds is 3. The molecule has 0 radical (unpaired) electrons. The van der Waals surface area contributed by atoms with Crippen molar-refractivity contribution in [1.82, 2.24) is 20.0 Å². The highest BCUT2D eigenvalue weighted by molar-refractivity contribution is 6.01. The van der Waals surface area contributed by atoms with E-state index >= 15 is 0 Å². The number of nitrogens with zero attached hydrogens (tertiary/aromatic N) is 3. The summed E-state index contributed by atoms with van der Waals surface area (Å²) in [7, 11) is 1.83. The second-order valence-corrected chi connectivity index (χ2v) is 6.11. The SMILES string of the molecule is CCC1(C)NC(=O)C(C)(C)N(Cc2cnn(C)c2)C1=O. The van der Waals surface area contributed by atoms with Crippen molar-refractivity contribution in [3.8, 4) is 0 Å². The van der Waals surface area contributed by atoms with Gasteiger partial charge in [-0.1, -0.05) is 6.92 Å². The maximum absolute atomic E-state index is 12.7. The van der Waals surface area contributed by atoms with Crippen LogP contribution in [0.5, 0.6) is 0 Å². The largest absolute Gasteiger partial charge is 0.340 e. The Bertz CT molecular complexity index is 549. The molecule has 20 heavy (non-hydrogen) atoms. The minimum absolute atomic E-state index is 0.0477. The number of piperazine rings is 1. The molecule has 1 aromatic rings. The van der Waals surface area contributed by atoms with Gasteiger partial charge in [-0.3, -0.25) is 14.3 Å². The van der Waals surface area contributed by atoms with E-state index in [-0.39, 0.29) is 11.8 Å². The second kappa shape index (κ2) is 4.61. The normalized spacial score (nSPS) is 25.8. The molecule has 6 nitrogen and oxygen atoms in total. The molecule has 1 N–H and O–H groups in total. The molecular formula is C14H22N4O2. The highest BCUT2D eigenvalue weighted by atomic mass is 16.2. The van der Waals surface area contributed by atoms with Gasteiger partial charge < -0.3 is 10.2 Å². The summed E-state index contributed by atoms with van der Waals surface area (Å²) in [5, 5.41) is 6.96. The van der Waals surface area contributed by atoms with Crippen LogP contribution in [-0.4, -0.2) is 37.6 Å². The van der Waals surface area contributed by atoms with E-state index in [1.54, 1.807) is 36.5 Å². The van der Waals surface area contributed by atoms with Crippen LogP contribution in [0.15, 0.2) is 12.4 Å². The lowest BCUT2D eigenvalue weighted by Crippen LogP contribution is -2.72. The van der Waals surface area contributed by atoms with Crippen molar-refractivity contribution in [2.45, 2.75) is 51.7 Å². The first-order valence-corrected chi connectivity index (χ1v) is 6.83. The molecule has 0 aromatic carbocycles. The van der Waals surface area contributed by atoms with Gasteiger partial charge >= 0.3 is 0 Å². The minimum atomic E-state index is -0.860. The summed E-state index contributed by atoms with van der Waals surface area (Å²) in [6, 6.07) is 0. The molecule has 0 saturated carbocycles. The van der Waals surface area contributed by atoms with Crippen molar-refractivity contribution in [2.24, 2.45) is 7.05 Å². The molecule has 1 aliphatic rings. The van der Waals surface area contributed by atoms with Crippen LogP contribution in [0.1, 0.15) is 39.7 Å². The number of amides is 2. The number of nitrogens with one attached hydrogen (secondary N) is 1. The first-order valence-electron chi connectivity index (χ1n) is 6.83. The maximum atomic E-state index is 12.7. The molecule has 110 valence electrons. The fourth-order valence-electron chi connectivity index (χ4n) is 2.38. The number of hydrogen-bond donors (Lipinski definition) is 1. The van der Waals surface area contributed by atoms with Gasteiger partial charge in [0.15, 0.2) is 0 Å². The van der Waals surface area contributed by atoms with E-state index in [9.17, 15) is 9.59 Å². The average Bonchev–Trinajstić information content (AvgIpc) is 2.78. The third-order valence-electron chi connectivity index (χ3n) is 4.14. The molecule has 2 heterocycles. The van der Waals surface area contributed by atoms with Crippen molar-refractivity contribution < 1.29 is 9.59 Å². The smallest absolute Gasteiger partial charge is 0.249 e. The average molecular weight is 278 g/mol.